The third-order valence-electron chi connectivity index (χ3n) is 2.99. The van der Waals surface area contributed by atoms with Gasteiger partial charge in [-0.15, -0.1) is 0 Å². The number of pyridine rings is 1. The number of carbonyl (C=O) groups is 2. The van der Waals surface area contributed by atoms with Crippen molar-refractivity contribution in [1.29, 1.82) is 0 Å². The van der Waals surface area contributed by atoms with Gasteiger partial charge in [-0.05, 0) is 43.3 Å². The minimum absolute atomic E-state index is 0.148. The Balaban J connectivity index is 1.81. The quantitative estimate of drug-likeness (QED) is 0.627. The Morgan fingerprint density at radius 3 is 2.38 bits per heavy atom. The van der Waals surface area contributed by atoms with Gasteiger partial charge < -0.3 is 10.1 Å². The van der Waals surface area contributed by atoms with Gasteiger partial charge in [-0.25, -0.2) is 5.43 Å². The van der Waals surface area contributed by atoms with E-state index in [1.54, 1.807) is 55.7 Å². The normalized spacial score (nSPS) is 10.8. The zero-order valence-electron chi connectivity index (χ0n) is 13.4. The number of rotatable bonds is 6. The Morgan fingerprint density at radius 2 is 1.75 bits per heavy atom. The number of anilines is 1. The number of nitrogens with one attached hydrogen (secondary N) is 2. The summed E-state index contributed by atoms with van der Waals surface area (Å²) in [5.41, 5.74) is 4.65. The van der Waals surface area contributed by atoms with Crippen molar-refractivity contribution in [2.45, 2.75) is 13.8 Å². The number of aromatic nitrogens is 1. The number of hydrogen-bond donors (Lipinski definition) is 2. The van der Waals surface area contributed by atoms with Crippen molar-refractivity contribution in [2.75, 3.05) is 11.9 Å². The van der Waals surface area contributed by atoms with E-state index >= 15 is 0 Å². The maximum absolute atomic E-state index is 11.8. The molecular weight excluding hydrogens is 308 g/mol. The van der Waals surface area contributed by atoms with Gasteiger partial charge in [-0.1, -0.05) is 0 Å². The monoisotopic (exact) mass is 326 g/mol. The molecule has 7 nitrogen and oxygen atoms in total. The second-order valence-corrected chi connectivity index (χ2v) is 4.96. The fourth-order valence-corrected chi connectivity index (χ4v) is 1.82. The van der Waals surface area contributed by atoms with Gasteiger partial charge in [-0.3, -0.25) is 14.6 Å². The van der Waals surface area contributed by atoms with Gasteiger partial charge >= 0.3 is 0 Å². The Kier molecular flexibility index (Phi) is 6.01. The Hall–Kier alpha value is -3.22. The summed E-state index contributed by atoms with van der Waals surface area (Å²) in [5.74, 6) is 0.00825. The smallest absolute Gasteiger partial charge is 0.277 e. The van der Waals surface area contributed by atoms with Crippen LogP contribution in [0, 0.1) is 0 Å². The van der Waals surface area contributed by atoms with Crippen LogP contribution >= 0.6 is 0 Å². The molecule has 0 radical (unpaired) electrons. The molecule has 1 aromatic heterocycles. The van der Waals surface area contributed by atoms with Crippen molar-refractivity contribution in [2.24, 2.45) is 5.10 Å². The van der Waals surface area contributed by atoms with Crippen LogP contribution < -0.4 is 15.5 Å². The van der Waals surface area contributed by atoms with Crippen LogP contribution in [-0.4, -0.2) is 29.1 Å². The average Bonchev–Trinajstić information content (AvgIpc) is 2.59. The standard InChI is InChI=1S/C17H18N4O3/c1-12(14-7-9-18-10-8-14)20-21-17(23)11-24-16-5-3-15(4-6-16)19-13(2)22/h3-10H,11H2,1-2H3,(H,19,22)(H,21,23)/b20-12-. The SMILES string of the molecule is CC(=O)Nc1ccc(OCC(=O)N/N=C(/C)c2ccncc2)cc1. The number of carbonyl (C=O) groups excluding carboxylic acids is 2. The van der Waals surface area contributed by atoms with Crippen molar-refractivity contribution >= 4 is 23.2 Å². The summed E-state index contributed by atoms with van der Waals surface area (Å²) in [4.78, 5) is 26.6. The van der Waals surface area contributed by atoms with Gasteiger partial charge in [-0.2, -0.15) is 5.10 Å². The van der Waals surface area contributed by atoms with Gasteiger partial charge in [0.1, 0.15) is 5.75 Å². The Bertz CT molecular complexity index is 727. The molecule has 0 bridgehead atoms. The van der Waals surface area contributed by atoms with Crippen molar-refractivity contribution in [3.63, 3.8) is 0 Å². The van der Waals surface area contributed by atoms with Crippen molar-refractivity contribution < 1.29 is 14.3 Å². The van der Waals surface area contributed by atoms with E-state index in [0.29, 0.717) is 17.1 Å². The lowest BCUT2D eigenvalue weighted by atomic mass is 10.2. The first-order chi connectivity index (χ1) is 11.5. The molecule has 0 aliphatic heterocycles. The predicted octanol–water partition coefficient (Wildman–Crippen LogP) is 1.96. The van der Waals surface area contributed by atoms with Crippen LogP contribution in [-0.2, 0) is 9.59 Å². The van der Waals surface area contributed by atoms with Crippen LogP contribution in [0.25, 0.3) is 0 Å². The van der Waals surface area contributed by atoms with E-state index in [1.807, 2.05) is 0 Å². The molecule has 24 heavy (non-hydrogen) atoms. The molecule has 2 rings (SSSR count). The molecule has 0 saturated carbocycles. The lowest BCUT2D eigenvalue weighted by Gasteiger charge is -2.07. The van der Waals surface area contributed by atoms with Gasteiger partial charge in [0.2, 0.25) is 5.91 Å². The summed E-state index contributed by atoms with van der Waals surface area (Å²) < 4.78 is 5.36. The first kappa shape index (κ1) is 17.1. The van der Waals surface area contributed by atoms with Crippen LogP contribution in [0.15, 0.2) is 53.9 Å². The molecule has 0 fully saturated rings. The number of ether oxygens (including phenoxy) is 1. The molecule has 1 aromatic carbocycles. The number of nitrogens with zero attached hydrogens (tertiary/aromatic N) is 2. The second-order valence-electron chi connectivity index (χ2n) is 4.96. The molecule has 0 saturated heterocycles. The largest absolute Gasteiger partial charge is 0.484 e. The average molecular weight is 326 g/mol. The third-order valence-corrected chi connectivity index (χ3v) is 2.99. The highest BCUT2D eigenvalue weighted by atomic mass is 16.5. The Morgan fingerprint density at radius 1 is 1.08 bits per heavy atom. The topological polar surface area (TPSA) is 92.7 Å². The fraction of sp³-hybridized carbons (Fsp3) is 0.176. The van der Waals surface area contributed by atoms with E-state index in [1.165, 1.54) is 6.92 Å². The molecule has 0 unspecified atom stereocenters. The molecule has 2 N–H and O–H groups in total. The summed E-state index contributed by atoms with van der Waals surface area (Å²) in [7, 11) is 0. The van der Waals surface area contributed by atoms with Crippen LogP contribution in [0.3, 0.4) is 0 Å². The summed E-state index contributed by atoms with van der Waals surface area (Å²) in [6.45, 7) is 3.06. The first-order valence-corrected chi connectivity index (χ1v) is 7.28. The minimum atomic E-state index is -0.366. The van der Waals surface area contributed by atoms with E-state index in [9.17, 15) is 9.59 Å². The maximum atomic E-state index is 11.8. The van der Waals surface area contributed by atoms with E-state index in [4.69, 9.17) is 4.74 Å². The zero-order chi connectivity index (χ0) is 17.4. The van der Waals surface area contributed by atoms with Crippen molar-refractivity contribution in [3.05, 3.63) is 54.4 Å². The summed E-state index contributed by atoms with van der Waals surface area (Å²) in [6.07, 6.45) is 3.31. The second kappa shape index (κ2) is 8.42. The number of hydrazone groups is 1. The van der Waals surface area contributed by atoms with E-state index in [-0.39, 0.29) is 18.4 Å². The van der Waals surface area contributed by atoms with E-state index < -0.39 is 0 Å². The highest BCUT2D eigenvalue weighted by Crippen LogP contribution is 2.15. The van der Waals surface area contributed by atoms with Gasteiger partial charge in [0.05, 0.1) is 5.71 Å². The van der Waals surface area contributed by atoms with Crippen LogP contribution in [0.4, 0.5) is 5.69 Å². The molecule has 1 heterocycles. The molecule has 2 amide bonds. The molecule has 7 heteroatoms. The van der Waals surface area contributed by atoms with E-state index in [2.05, 4.69) is 20.8 Å². The van der Waals surface area contributed by atoms with E-state index in [0.717, 1.165) is 5.56 Å². The summed E-state index contributed by atoms with van der Waals surface area (Å²) in [5, 5.41) is 6.66. The molecule has 124 valence electrons. The lowest BCUT2D eigenvalue weighted by Crippen LogP contribution is -2.25. The van der Waals surface area contributed by atoms with Crippen molar-refractivity contribution in [3.8, 4) is 5.75 Å². The number of amides is 2. The highest BCUT2D eigenvalue weighted by Gasteiger charge is 2.03. The highest BCUT2D eigenvalue weighted by molar-refractivity contribution is 5.99. The molecule has 0 aliphatic carbocycles. The molecule has 0 aliphatic rings. The van der Waals surface area contributed by atoms with Gasteiger partial charge in [0.25, 0.3) is 5.91 Å². The predicted molar refractivity (Wildman–Crippen MR) is 90.8 cm³/mol. The fourth-order valence-electron chi connectivity index (χ4n) is 1.82. The molecule has 0 spiro atoms. The van der Waals surface area contributed by atoms with Crippen LogP contribution in [0.2, 0.25) is 0 Å². The third kappa shape index (κ3) is 5.53. The molecular formula is C17H18N4O3. The maximum Gasteiger partial charge on any atom is 0.277 e. The zero-order valence-corrected chi connectivity index (χ0v) is 13.4. The number of benzene rings is 1. The summed E-state index contributed by atoms with van der Waals surface area (Å²) in [6, 6.07) is 10.3. The number of hydrogen-bond acceptors (Lipinski definition) is 5. The van der Waals surface area contributed by atoms with Crippen LogP contribution in [0.5, 0.6) is 5.75 Å². The molecule has 2 aromatic rings. The van der Waals surface area contributed by atoms with Crippen molar-refractivity contribution in [1.82, 2.24) is 10.4 Å². The summed E-state index contributed by atoms with van der Waals surface area (Å²) >= 11 is 0. The molecule has 0 atom stereocenters. The van der Waals surface area contributed by atoms with Crippen LogP contribution in [0.1, 0.15) is 19.4 Å². The van der Waals surface area contributed by atoms with Gasteiger partial charge in [0.15, 0.2) is 6.61 Å². The van der Waals surface area contributed by atoms with Gasteiger partial charge in [0, 0.05) is 30.6 Å². The Labute approximate surface area is 139 Å². The lowest BCUT2D eigenvalue weighted by molar-refractivity contribution is -0.123. The minimum Gasteiger partial charge on any atom is -0.484 e. The first-order valence-electron chi connectivity index (χ1n) is 7.28.